The summed E-state index contributed by atoms with van der Waals surface area (Å²) in [6, 6.07) is 5.99. The first kappa shape index (κ1) is 16.3. The molecule has 1 heterocycles. The highest BCUT2D eigenvalue weighted by Crippen LogP contribution is 2.31. The van der Waals surface area contributed by atoms with Gasteiger partial charge in [-0.2, -0.15) is 0 Å². The lowest BCUT2D eigenvalue weighted by Crippen LogP contribution is -2.41. The number of hydrogen-bond acceptors (Lipinski definition) is 4. The summed E-state index contributed by atoms with van der Waals surface area (Å²) >= 11 is 3.46. The Morgan fingerprint density at radius 3 is 2.86 bits per heavy atom. The molecule has 1 N–H and O–H groups in total. The van der Waals surface area contributed by atoms with E-state index >= 15 is 0 Å². The molecule has 5 nitrogen and oxygen atoms in total. The first-order valence-electron chi connectivity index (χ1n) is 6.98. The quantitative estimate of drug-likeness (QED) is 0.805. The topological polar surface area (TPSA) is 53.0 Å². The summed E-state index contributed by atoms with van der Waals surface area (Å²) in [4.78, 5) is 15.0. The molecule has 0 saturated carbocycles. The third-order valence-corrected chi connectivity index (χ3v) is 3.94. The number of aliphatic carboxylic acids is 1. The third kappa shape index (κ3) is 4.98. The van der Waals surface area contributed by atoms with Crippen LogP contribution < -0.4 is 4.74 Å². The summed E-state index contributed by atoms with van der Waals surface area (Å²) in [5, 5.41) is 9.03. The molecule has 0 bridgehead atoms. The van der Waals surface area contributed by atoms with Crippen molar-refractivity contribution < 1.29 is 14.6 Å². The highest BCUT2D eigenvalue weighted by Gasteiger charge is 2.25. The molecule has 0 aromatic heterocycles. The number of halogens is 1. The summed E-state index contributed by atoms with van der Waals surface area (Å²) in [7, 11) is 3.97. The highest BCUT2D eigenvalue weighted by atomic mass is 79.9. The van der Waals surface area contributed by atoms with E-state index in [4.69, 9.17) is 9.84 Å². The second kappa shape index (κ2) is 7.24. The Kier molecular flexibility index (Phi) is 5.61. The lowest BCUT2D eigenvalue weighted by Gasteiger charge is -2.25. The molecule has 1 atom stereocenters. The number of hydrogen-bond donors (Lipinski definition) is 1. The smallest absolute Gasteiger partial charge is 0.317 e. The normalized spacial score (nSPS) is 17.1. The van der Waals surface area contributed by atoms with Gasteiger partial charge in [-0.3, -0.25) is 9.69 Å². The maximum atomic E-state index is 11.0. The van der Waals surface area contributed by atoms with Gasteiger partial charge in [-0.1, -0.05) is 15.9 Å². The van der Waals surface area contributed by atoms with Gasteiger partial charge in [0.1, 0.15) is 11.9 Å². The zero-order valence-corrected chi connectivity index (χ0v) is 14.0. The fourth-order valence-electron chi connectivity index (χ4n) is 2.45. The number of ether oxygens (including phenoxy) is 1. The number of carboxylic acids is 1. The molecule has 0 radical (unpaired) electrons. The van der Waals surface area contributed by atoms with Crippen LogP contribution in [0.15, 0.2) is 22.7 Å². The minimum atomic E-state index is -0.799. The summed E-state index contributed by atoms with van der Waals surface area (Å²) in [6.07, 6.45) is 0.850. The lowest BCUT2D eigenvalue weighted by atomic mass is 10.1. The Morgan fingerprint density at radius 2 is 2.19 bits per heavy atom. The number of carboxylic acid groups (broad SMARTS) is 1. The molecule has 0 amide bonds. The van der Waals surface area contributed by atoms with Crippen LogP contribution in [0, 0.1) is 0 Å². The van der Waals surface area contributed by atoms with Crippen LogP contribution in [0.1, 0.15) is 5.56 Å². The number of rotatable bonds is 7. The van der Waals surface area contributed by atoms with E-state index in [2.05, 4.69) is 26.9 Å². The predicted molar refractivity (Wildman–Crippen MR) is 84.9 cm³/mol. The monoisotopic (exact) mass is 356 g/mol. The van der Waals surface area contributed by atoms with E-state index in [9.17, 15) is 4.79 Å². The molecule has 0 spiro atoms. The van der Waals surface area contributed by atoms with Crippen LogP contribution in [0.5, 0.6) is 5.75 Å². The first-order valence-corrected chi connectivity index (χ1v) is 7.77. The van der Waals surface area contributed by atoms with Gasteiger partial charge in [-0.05, 0) is 37.9 Å². The Hall–Kier alpha value is -1.11. The number of fused-ring (bicyclic) bond motifs is 1. The van der Waals surface area contributed by atoms with Gasteiger partial charge < -0.3 is 14.7 Å². The molecule has 0 fully saturated rings. The molecule has 1 aliphatic heterocycles. The van der Waals surface area contributed by atoms with E-state index in [0.717, 1.165) is 29.7 Å². The molecule has 1 aliphatic rings. The predicted octanol–water partition coefficient (Wildman–Crippen LogP) is 1.70. The van der Waals surface area contributed by atoms with Gasteiger partial charge in [0.15, 0.2) is 0 Å². The van der Waals surface area contributed by atoms with E-state index in [1.165, 1.54) is 5.56 Å². The van der Waals surface area contributed by atoms with Crippen LogP contribution in [0.3, 0.4) is 0 Å². The van der Waals surface area contributed by atoms with E-state index < -0.39 is 5.97 Å². The lowest BCUT2D eigenvalue weighted by molar-refractivity contribution is -0.138. The van der Waals surface area contributed by atoms with Crippen LogP contribution in [0.25, 0.3) is 0 Å². The van der Waals surface area contributed by atoms with Gasteiger partial charge in [-0.15, -0.1) is 0 Å². The van der Waals surface area contributed by atoms with Crippen LogP contribution in [-0.4, -0.2) is 67.3 Å². The maximum absolute atomic E-state index is 11.0. The Balaban J connectivity index is 1.93. The maximum Gasteiger partial charge on any atom is 0.317 e. The number of carbonyl (C=O) groups is 1. The molecule has 1 aromatic carbocycles. The third-order valence-electron chi connectivity index (χ3n) is 3.45. The molecular weight excluding hydrogens is 336 g/mol. The van der Waals surface area contributed by atoms with Crippen molar-refractivity contribution in [2.45, 2.75) is 12.5 Å². The van der Waals surface area contributed by atoms with Crippen molar-refractivity contribution in [3.05, 3.63) is 28.2 Å². The average Bonchev–Trinajstić information content (AvgIpc) is 2.76. The fraction of sp³-hybridized carbons (Fsp3) is 0.533. The minimum absolute atomic E-state index is 0.0239. The van der Waals surface area contributed by atoms with Gasteiger partial charge in [0.2, 0.25) is 0 Å². The van der Waals surface area contributed by atoms with E-state index in [1.54, 1.807) is 0 Å². The molecule has 1 aromatic rings. The van der Waals surface area contributed by atoms with Gasteiger partial charge in [0, 0.05) is 30.5 Å². The van der Waals surface area contributed by atoms with Crippen molar-refractivity contribution in [3.63, 3.8) is 0 Å². The first-order chi connectivity index (χ1) is 9.94. The molecule has 6 heteroatoms. The summed E-state index contributed by atoms with van der Waals surface area (Å²) < 4.78 is 6.95. The largest absolute Gasteiger partial charge is 0.488 e. The second-order valence-electron chi connectivity index (χ2n) is 5.63. The van der Waals surface area contributed by atoms with E-state index in [0.29, 0.717) is 6.54 Å². The molecule has 2 rings (SSSR count). The molecule has 0 aliphatic carbocycles. The van der Waals surface area contributed by atoms with Crippen molar-refractivity contribution in [1.82, 2.24) is 9.80 Å². The zero-order valence-electron chi connectivity index (χ0n) is 12.4. The van der Waals surface area contributed by atoms with Gasteiger partial charge in [0.05, 0.1) is 6.54 Å². The second-order valence-corrected chi connectivity index (χ2v) is 6.54. The van der Waals surface area contributed by atoms with Crippen molar-refractivity contribution in [1.29, 1.82) is 0 Å². The number of nitrogens with zero attached hydrogens (tertiary/aromatic N) is 2. The van der Waals surface area contributed by atoms with E-state index in [1.807, 2.05) is 31.1 Å². The Labute approximate surface area is 133 Å². The Bertz CT molecular complexity index is 508. The van der Waals surface area contributed by atoms with Crippen LogP contribution in [0.2, 0.25) is 0 Å². The van der Waals surface area contributed by atoms with E-state index in [-0.39, 0.29) is 12.6 Å². The fourth-order valence-corrected chi connectivity index (χ4v) is 2.85. The van der Waals surface area contributed by atoms with Crippen LogP contribution in [0.4, 0.5) is 0 Å². The SMILES string of the molecule is CN(C)CCN(CC(=O)O)CC1Cc2cc(Br)ccc2O1. The zero-order chi connectivity index (χ0) is 15.4. The van der Waals surface area contributed by atoms with Crippen molar-refractivity contribution in [2.75, 3.05) is 40.3 Å². The summed E-state index contributed by atoms with van der Waals surface area (Å²) in [5.74, 6) is 0.109. The Morgan fingerprint density at radius 1 is 1.43 bits per heavy atom. The molecule has 21 heavy (non-hydrogen) atoms. The molecule has 0 saturated heterocycles. The van der Waals surface area contributed by atoms with Crippen molar-refractivity contribution >= 4 is 21.9 Å². The highest BCUT2D eigenvalue weighted by molar-refractivity contribution is 9.10. The minimum Gasteiger partial charge on any atom is -0.488 e. The number of likely N-dealkylation sites (N-methyl/N-ethyl adjacent to an activating group) is 1. The summed E-state index contributed by atoms with van der Waals surface area (Å²) in [6.45, 7) is 2.23. The average molecular weight is 357 g/mol. The summed E-state index contributed by atoms with van der Waals surface area (Å²) in [5.41, 5.74) is 1.18. The van der Waals surface area contributed by atoms with Crippen molar-refractivity contribution in [2.24, 2.45) is 0 Å². The van der Waals surface area contributed by atoms with Crippen molar-refractivity contribution in [3.8, 4) is 5.75 Å². The van der Waals surface area contributed by atoms with Crippen LogP contribution in [-0.2, 0) is 11.2 Å². The molecule has 116 valence electrons. The van der Waals surface area contributed by atoms with Gasteiger partial charge in [-0.25, -0.2) is 0 Å². The van der Waals surface area contributed by atoms with Gasteiger partial charge >= 0.3 is 5.97 Å². The molecular formula is C15H21BrN2O3. The van der Waals surface area contributed by atoms with Gasteiger partial charge in [0.25, 0.3) is 0 Å². The standard InChI is InChI=1S/C15H21BrN2O3/c1-17(2)5-6-18(10-15(19)20)9-13-8-11-7-12(16)3-4-14(11)21-13/h3-4,7,13H,5-6,8-10H2,1-2H3,(H,19,20). The molecule has 1 unspecified atom stereocenters. The van der Waals surface area contributed by atoms with Crippen LogP contribution >= 0.6 is 15.9 Å². The number of benzene rings is 1.